The second-order valence-corrected chi connectivity index (χ2v) is 5.24. The lowest BCUT2D eigenvalue weighted by Crippen LogP contribution is -2.39. The lowest BCUT2D eigenvalue weighted by molar-refractivity contribution is -0.741. The Balaban J connectivity index is 2.14. The van der Waals surface area contributed by atoms with E-state index in [-0.39, 0.29) is 0 Å². The fourth-order valence-corrected chi connectivity index (χ4v) is 2.54. The Morgan fingerprint density at radius 2 is 1.79 bits per heavy atom. The summed E-state index contributed by atoms with van der Waals surface area (Å²) in [5, 5.41) is 0. The van der Waals surface area contributed by atoms with Crippen molar-refractivity contribution in [1.82, 2.24) is 4.68 Å². The molecule has 0 fully saturated rings. The summed E-state index contributed by atoms with van der Waals surface area (Å²) in [5.41, 5.74) is 4.02. The number of aryl methyl sites for hydroxylation is 1. The summed E-state index contributed by atoms with van der Waals surface area (Å²) in [4.78, 5) is 0. The number of hydrogen-bond acceptors (Lipinski definition) is 0. The number of nitrogens with zero attached hydrogens (tertiary/aromatic N) is 2. The van der Waals surface area contributed by atoms with Crippen LogP contribution in [-0.2, 0) is 20.5 Å². The quantitative estimate of drug-likeness (QED) is 0.552. The van der Waals surface area contributed by atoms with E-state index in [1.807, 2.05) is 0 Å². The van der Waals surface area contributed by atoms with Gasteiger partial charge in [0.05, 0.1) is 12.7 Å². The molecule has 2 nitrogen and oxygen atoms in total. The van der Waals surface area contributed by atoms with Gasteiger partial charge in [-0.3, -0.25) is 0 Å². The van der Waals surface area contributed by atoms with Crippen molar-refractivity contribution in [2.24, 2.45) is 14.1 Å². The van der Waals surface area contributed by atoms with Gasteiger partial charge in [0.25, 0.3) is 0 Å². The van der Waals surface area contributed by atoms with Crippen molar-refractivity contribution in [2.75, 3.05) is 0 Å². The van der Waals surface area contributed by atoms with Gasteiger partial charge in [-0.25, -0.2) is 0 Å². The highest BCUT2D eigenvalue weighted by atomic mass is 15.4. The van der Waals surface area contributed by atoms with E-state index in [9.17, 15) is 0 Å². The molecule has 102 valence electrons. The second kappa shape index (κ2) is 6.55. The average molecular weight is 257 g/mol. The molecule has 0 bridgehead atoms. The molecule has 0 amide bonds. The maximum atomic E-state index is 2.33. The van der Waals surface area contributed by atoms with Crippen molar-refractivity contribution in [3.05, 3.63) is 42.1 Å². The molecule has 2 rings (SSSR count). The molecular weight excluding hydrogens is 232 g/mol. The van der Waals surface area contributed by atoms with E-state index >= 15 is 0 Å². The van der Waals surface area contributed by atoms with Gasteiger partial charge in [-0.15, -0.1) is 4.68 Å². The summed E-state index contributed by atoms with van der Waals surface area (Å²) in [6.45, 7) is 2.26. The van der Waals surface area contributed by atoms with Crippen LogP contribution >= 0.6 is 0 Å². The number of aromatic nitrogens is 2. The summed E-state index contributed by atoms with van der Waals surface area (Å²) in [6.07, 6.45) is 6.46. The van der Waals surface area contributed by atoms with Crippen molar-refractivity contribution in [1.29, 1.82) is 0 Å². The third kappa shape index (κ3) is 3.25. The minimum absolute atomic E-state index is 1.18. The molecule has 1 heterocycles. The molecule has 0 radical (unpaired) electrons. The Hall–Kier alpha value is -1.57. The van der Waals surface area contributed by atoms with Gasteiger partial charge in [-0.05, 0) is 25.0 Å². The number of unbranched alkanes of at least 4 members (excludes halogenated alkanes) is 3. The molecule has 0 unspecified atom stereocenters. The molecule has 1 aromatic carbocycles. The maximum Gasteiger partial charge on any atom is 0.238 e. The topological polar surface area (TPSA) is 8.81 Å². The summed E-state index contributed by atoms with van der Waals surface area (Å²) in [6, 6.07) is 13.0. The predicted molar refractivity (Wildman–Crippen MR) is 79.9 cm³/mol. The Morgan fingerprint density at radius 3 is 2.47 bits per heavy atom. The molecule has 0 atom stereocenters. The van der Waals surface area contributed by atoms with Crippen molar-refractivity contribution >= 4 is 0 Å². The Morgan fingerprint density at radius 1 is 1.05 bits per heavy atom. The smallest absolute Gasteiger partial charge is 0.161 e. The fourth-order valence-electron chi connectivity index (χ4n) is 2.54. The molecule has 1 aromatic heterocycles. The van der Waals surface area contributed by atoms with E-state index in [1.165, 1.54) is 49.1 Å². The first kappa shape index (κ1) is 13.9. The summed E-state index contributed by atoms with van der Waals surface area (Å²) >= 11 is 0. The van der Waals surface area contributed by atoms with Gasteiger partial charge < -0.3 is 0 Å². The van der Waals surface area contributed by atoms with Crippen LogP contribution in [-0.4, -0.2) is 4.68 Å². The molecule has 0 N–H and O–H groups in total. The molecule has 0 aliphatic heterocycles. The first-order valence-electron chi connectivity index (χ1n) is 7.34. The van der Waals surface area contributed by atoms with Gasteiger partial charge in [0, 0.05) is 11.6 Å². The summed E-state index contributed by atoms with van der Waals surface area (Å²) in [7, 11) is 4.29. The van der Waals surface area contributed by atoms with E-state index in [2.05, 4.69) is 66.8 Å². The fraction of sp³-hybridized carbons (Fsp3) is 0.471. The van der Waals surface area contributed by atoms with Crippen molar-refractivity contribution in [3.63, 3.8) is 0 Å². The number of benzene rings is 1. The van der Waals surface area contributed by atoms with Crippen LogP contribution < -0.4 is 4.68 Å². The Labute approximate surface area is 116 Å². The van der Waals surface area contributed by atoms with Crippen molar-refractivity contribution in [2.45, 2.75) is 39.0 Å². The van der Waals surface area contributed by atoms with Crippen LogP contribution in [0.5, 0.6) is 0 Å². The minimum Gasteiger partial charge on any atom is -0.161 e. The zero-order chi connectivity index (χ0) is 13.7. The van der Waals surface area contributed by atoms with Crippen LogP contribution in [0, 0.1) is 0 Å². The van der Waals surface area contributed by atoms with Gasteiger partial charge in [0.2, 0.25) is 5.69 Å². The van der Waals surface area contributed by atoms with Gasteiger partial charge in [-0.1, -0.05) is 44.4 Å². The number of rotatable bonds is 6. The predicted octanol–water partition coefficient (Wildman–Crippen LogP) is 3.64. The molecule has 19 heavy (non-hydrogen) atoms. The van der Waals surface area contributed by atoms with Gasteiger partial charge in [-0.2, -0.15) is 4.68 Å². The van der Waals surface area contributed by atoms with E-state index in [0.717, 1.165) is 0 Å². The third-order valence-corrected chi connectivity index (χ3v) is 3.87. The van der Waals surface area contributed by atoms with Crippen LogP contribution in [0.3, 0.4) is 0 Å². The maximum absolute atomic E-state index is 2.33. The normalized spacial score (nSPS) is 10.9. The molecular formula is C17H25N2+. The lowest BCUT2D eigenvalue weighted by Gasteiger charge is -1.99. The highest BCUT2D eigenvalue weighted by Gasteiger charge is 2.17. The highest BCUT2D eigenvalue weighted by molar-refractivity contribution is 5.56. The van der Waals surface area contributed by atoms with Gasteiger partial charge in [0.15, 0.2) is 7.05 Å². The molecule has 2 aromatic rings. The Kier molecular flexibility index (Phi) is 4.78. The molecule has 0 aliphatic carbocycles. The largest absolute Gasteiger partial charge is 0.238 e. The molecule has 0 saturated carbocycles. The standard InChI is InChI=1S/C17H25N2/c1-4-5-6-10-13-16-14-17(19(3)18(16)2)15-11-8-7-9-12-15/h7-9,11-12,14H,4-6,10,13H2,1-3H3/q+1. The van der Waals surface area contributed by atoms with E-state index in [4.69, 9.17) is 0 Å². The van der Waals surface area contributed by atoms with E-state index in [0.29, 0.717) is 0 Å². The zero-order valence-corrected chi connectivity index (χ0v) is 12.4. The van der Waals surface area contributed by atoms with Crippen LogP contribution in [0.4, 0.5) is 0 Å². The zero-order valence-electron chi connectivity index (χ0n) is 12.4. The first-order chi connectivity index (χ1) is 9.24. The van der Waals surface area contributed by atoms with Crippen molar-refractivity contribution in [3.8, 4) is 11.3 Å². The van der Waals surface area contributed by atoms with Crippen LogP contribution in [0.1, 0.15) is 38.3 Å². The number of hydrogen-bond donors (Lipinski definition) is 0. The third-order valence-electron chi connectivity index (χ3n) is 3.87. The van der Waals surface area contributed by atoms with Crippen LogP contribution in [0.2, 0.25) is 0 Å². The molecule has 2 heteroatoms. The van der Waals surface area contributed by atoms with Crippen LogP contribution in [0.25, 0.3) is 11.3 Å². The van der Waals surface area contributed by atoms with E-state index < -0.39 is 0 Å². The molecule has 0 aliphatic rings. The van der Waals surface area contributed by atoms with Gasteiger partial charge >= 0.3 is 0 Å². The average Bonchev–Trinajstić information content (AvgIpc) is 2.73. The monoisotopic (exact) mass is 257 g/mol. The van der Waals surface area contributed by atoms with Gasteiger partial charge in [0.1, 0.15) is 0 Å². The first-order valence-corrected chi connectivity index (χ1v) is 7.34. The Bertz CT molecular complexity index is 512. The van der Waals surface area contributed by atoms with Crippen molar-refractivity contribution < 1.29 is 4.68 Å². The minimum atomic E-state index is 1.18. The molecule has 0 spiro atoms. The summed E-state index contributed by atoms with van der Waals surface area (Å²) < 4.78 is 4.51. The second-order valence-electron chi connectivity index (χ2n) is 5.24. The summed E-state index contributed by atoms with van der Waals surface area (Å²) in [5.74, 6) is 0. The SMILES string of the molecule is CCCCCCc1cc(-c2ccccc2)[n+](C)n1C. The lowest BCUT2D eigenvalue weighted by atomic mass is 10.1. The highest BCUT2D eigenvalue weighted by Crippen LogP contribution is 2.18. The van der Waals surface area contributed by atoms with E-state index in [1.54, 1.807) is 0 Å². The van der Waals surface area contributed by atoms with Crippen LogP contribution in [0.15, 0.2) is 36.4 Å². The molecule has 0 saturated heterocycles.